The lowest BCUT2D eigenvalue weighted by atomic mass is 9.94. The van der Waals surface area contributed by atoms with Gasteiger partial charge in [0.25, 0.3) is 11.2 Å². The van der Waals surface area contributed by atoms with E-state index in [1.54, 1.807) is 0 Å². The summed E-state index contributed by atoms with van der Waals surface area (Å²) in [7, 11) is 0. The summed E-state index contributed by atoms with van der Waals surface area (Å²) in [6.07, 6.45) is -13.3. The normalized spacial score (nSPS) is 16.7. The standard InChI is InChI=1S/C10H13Cl3F8O4Si/c11-26(12,13)10(24,25)9(22,23)8(20,21)7(18,19)5(14)3-1-2-4-6(15,16)17/h5,22-25H,1-4H2. The molecule has 0 aliphatic rings. The second kappa shape index (κ2) is 8.01. The Kier molecular flexibility index (Phi) is 8.12. The van der Waals surface area contributed by atoms with Crippen LogP contribution in [0.4, 0.5) is 35.1 Å². The van der Waals surface area contributed by atoms with E-state index in [0.717, 1.165) is 0 Å². The van der Waals surface area contributed by atoms with Gasteiger partial charge in [-0.3, -0.25) is 0 Å². The third-order valence-electron chi connectivity index (χ3n) is 3.30. The minimum Gasteiger partial charge on any atom is -0.361 e. The molecule has 158 valence electrons. The van der Waals surface area contributed by atoms with E-state index in [4.69, 9.17) is 43.5 Å². The maximum atomic E-state index is 13.8. The molecule has 0 aliphatic heterocycles. The second-order valence-electron chi connectivity index (χ2n) is 5.37. The fraction of sp³-hybridized carbons (Fsp3) is 1.00. The SMILES string of the molecule is OC(O)(C(F)(F)C(F)(F)C(F)CCCCC(F)(F)F)C(O)(O)[Si](Cl)(Cl)Cl. The van der Waals surface area contributed by atoms with Crippen LogP contribution in [0.15, 0.2) is 0 Å². The van der Waals surface area contributed by atoms with Crippen molar-refractivity contribution >= 4 is 39.2 Å². The average Bonchev–Trinajstić information content (AvgIpc) is 2.40. The first-order valence-electron chi connectivity index (χ1n) is 6.55. The largest absolute Gasteiger partial charge is 0.409 e. The van der Waals surface area contributed by atoms with E-state index in [2.05, 4.69) is 0 Å². The Morgan fingerprint density at radius 3 is 1.58 bits per heavy atom. The molecule has 0 saturated heterocycles. The van der Waals surface area contributed by atoms with Gasteiger partial charge < -0.3 is 20.4 Å². The fourth-order valence-electron chi connectivity index (χ4n) is 1.68. The van der Waals surface area contributed by atoms with E-state index in [1.807, 2.05) is 0 Å². The Morgan fingerprint density at radius 2 is 1.23 bits per heavy atom. The van der Waals surface area contributed by atoms with Crippen molar-refractivity contribution in [1.29, 1.82) is 0 Å². The quantitative estimate of drug-likeness (QED) is 0.133. The molecule has 0 amide bonds. The van der Waals surface area contributed by atoms with Crippen molar-refractivity contribution in [1.82, 2.24) is 0 Å². The highest BCUT2D eigenvalue weighted by Gasteiger charge is 2.81. The number of hydrogen-bond donors (Lipinski definition) is 4. The molecule has 1 unspecified atom stereocenters. The predicted octanol–water partition coefficient (Wildman–Crippen LogP) is 3.27. The number of halogens is 11. The molecule has 0 aromatic carbocycles. The average molecular weight is 484 g/mol. The molecule has 0 aromatic heterocycles. The van der Waals surface area contributed by atoms with Crippen LogP contribution in [0.1, 0.15) is 25.7 Å². The van der Waals surface area contributed by atoms with E-state index >= 15 is 0 Å². The third-order valence-corrected chi connectivity index (χ3v) is 6.81. The molecule has 0 spiro atoms. The maximum absolute atomic E-state index is 13.8. The van der Waals surface area contributed by atoms with Gasteiger partial charge in [-0.05, 0) is 19.3 Å². The van der Waals surface area contributed by atoms with Crippen LogP contribution in [0.5, 0.6) is 0 Å². The number of unbranched alkanes of at least 4 members (excludes halogenated alkanes) is 1. The molecule has 0 bridgehead atoms. The Morgan fingerprint density at radius 1 is 0.808 bits per heavy atom. The van der Waals surface area contributed by atoms with Crippen molar-refractivity contribution in [3.05, 3.63) is 0 Å². The summed E-state index contributed by atoms with van der Waals surface area (Å²) in [6, 6.07) is -5.33. The van der Waals surface area contributed by atoms with Crippen molar-refractivity contribution in [3.63, 3.8) is 0 Å². The van der Waals surface area contributed by atoms with E-state index in [9.17, 15) is 45.3 Å². The van der Waals surface area contributed by atoms with Crippen LogP contribution >= 0.6 is 33.2 Å². The molecule has 4 nitrogen and oxygen atoms in total. The Balaban J connectivity index is 5.41. The van der Waals surface area contributed by atoms with Gasteiger partial charge in [0, 0.05) is 6.42 Å². The highest BCUT2D eigenvalue weighted by atomic mass is 35.8. The van der Waals surface area contributed by atoms with Gasteiger partial charge >= 0.3 is 24.0 Å². The molecule has 0 rings (SSSR count). The van der Waals surface area contributed by atoms with Gasteiger partial charge in [0.2, 0.25) is 0 Å². The molecular formula is C10H13Cl3F8O4Si. The van der Waals surface area contributed by atoms with Crippen LogP contribution in [0.25, 0.3) is 0 Å². The van der Waals surface area contributed by atoms with Gasteiger partial charge in [-0.2, -0.15) is 30.7 Å². The highest BCUT2D eigenvalue weighted by Crippen LogP contribution is 2.52. The molecule has 0 aliphatic carbocycles. The Bertz CT molecular complexity index is 484. The molecule has 1 atom stereocenters. The zero-order valence-electron chi connectivity index (χ0n) is 12.4. The summed E-state index contributed by atoms with van der Waals surface area (Å²) < 4.78 is 104. The van der Waals surface area contributed by atoms with Gasteiger partial charge in [-0.1, -0.05) is 0 Å². The van der Waals surface area contributed by atoms with Gasteiger partial charge in [-0.25, -0.2) is 4.39 Å². The van der Waals surface area contributed by atoms with Crippen molar-refractivity contribution in [2.75, 3.05) is 0 Å². The summed E-state index contributed by atoms with van der Waals surface area (Å²) in [5, 5.41) is 36.8. The second-order valence-corrected chi connectivity index (χ2v) is 13.9. The first-order chi connectivity index (χ1) is 11.1. The van der Waals surface area contributed by atoms with Crippen LogP contribution in [0.2, 0.25) is 0 Å². The predicted molar refractivity (Wildman–Crippen MR) is 77.0 cm³/mol. The van der Waals surface area contributed by atoms with E-state index in [0.29, 0.717) is 0 Å². The van der Waals surface area contributed by atoms with Crippen LogP contribution < -0.4 is 0 Å². The lowest BCUT2D eigenvalue weighted by Crippen LogP contribution is -2.76. The van der Waals surface area contributed by atoms with Gasteiger partial charge in [0.1, 0.15) is 0 Å². The fourth-order valence-corrected chi connectivity index (χ4v) is 3.41. The monoisotopic (exact) mass is 482 g/mol. The highest BCUT2D eigenvalue weighted by molar-refractivity contribution is 7.65. The molecule has 0 aromatic rings. The first-order valence-corrected chi connectivity index (χ1v) is 11.6. The molecular weight excluding hydrogens is 471 g/mol. The van der Waals surface area contributed by atoms with Crippen LogP contribution in [-0.2, 0) is 0 Å². The van der Waals surface area contributed by atoms with Crippen molar-refractivity contribution < 1.29 is 55.5 Å². The summed E-state index contributed by atoms with van der Waals surface area (Å²) in [5.41, 5.74) is -4.76. The molecule has 16 heteroatoms. The maximum Gasteiger partial charge on any atom is 0.409 e. The number of aliphatic hydroxyl groups is 4. The molecule has 0 saturated carbocycles. The van der Waals surface area contributed by atoms with E-state index < -0.39 is 67.1 Å². The number of hydrogen-bond acceptors (Lipinski definition) is 4. The van der Waals surface area contributed by atoms with E-state index in [-0.39, 0.29) is 0 Å². The van der Waals surface area contributed by atoms with Crippen molar-refractivity contribution in [2.45, 2.75) is 61.1 Å². The number of alkyl halides is 8. The van der Waals surface area contributed by atoms with Gasteiger partial charge in [0.05, 0.1) is 0 Å². The van der Waals surface area contributed by atoms with Crippen LogP contribution in [-0.4, -0.2) is 61.8 Å². The Hall–Kier alpha value is 0.367. The summed E-state index contributed by atoms with van der Waals surface area (Å²) in [4.78, 5) is 0. The minimum atomic E-state index is -6.30. The van der Waals surface area contributed by atoms with Crippen molar-refractivity contribution in [2.24, 2.45) is 0 Å². The number of rotatable bonds is 9. The molecule has 0 radical (unpaired) electrons. The molecule has 26 heavy (non-hydrogen) atoms. The van der Waals surface area contributed by atoms with Crippen LogP contribution in [0.3, 0.4) is 0 Å². The van der Waals surface area contributed by atoms with Gasteiger partial charge in [-0.15, -0.1) is 33.2 Å². The molecule has 4 N–H and O–H groups in total. The zero-order chi connectivity index (χ0) is 21.4. The first kappa shape index (κ1) is 26.4. The summed E-state index contributed by atoms with van der Waals surface area (Å²) >= 11 is 14.9. The Labute approximate surface area is 156 Å². The lowest BCUT2D eigenvalue weighted by molar-refractivity contribution is -0.434. The summed E-state index contributed by atoms with van der Waals surface area (Å²) in [6.45, 7) is 0. The summed E-state index contributed by atoms with van der Waals surface area (Å²) in [5.74, 6) is -17.8. The molecule has 0 heterocycles. The topological polar surface area (TPSA) is 80.9 Å². The van der Waals surface area contributed by atoms with Crippen LogP contribution in [0, 0.1) is 0 Å². The smallest absolute Gasteiger partial charge is 0.361 e. The minimum absolute atomic E-state index is 0.861. The third kappa shape index (κ3) is 5.24. The zero-order valence-corrected chi connectivity index (χ0v) is 15.6. The molecule has 0 fully saturated rings. The van der Waals surface area contributed by atoms with Gasteiger partial charge in [0.15, 0.2) is 6.17 Å². The lowest BCUT2D eigenvalue weighted by Gasteiger charge is -2.44. The van der Waals surface area contributed by atoms with E-state index in [1.165, 1.54) is 0 Å². The van der Waals surface area contributed by atoms with Crippen molar-refractivity contribution in [3.8, 4) is 0 Å².